The van der Waals surface area contributed by atoms with Crippen molar-refractivity contribution in [3.8, 4) is 0 Å². The number of amides is 1. The van der Waals surface area contributed by atoms with Crippen molar-refractivity contribution in [2.24, 2.45) is 0 Å². The third-order valence-corrected chi connectivity index (χ3v) is 6.30. The van der Waals surface area contributed by atoms with Crippen molar-refractivity contribution in [3.63, 3.8) is 0 Å². The first-order chi connectivity index (χ1) is 15.5. The molecule has 1 aliphatic rings. The summed E-state index contributed by atoms with van der Waals surface area (Å²) in [5, 5.41) is 7.59. The molecule has 0 spiro atoms. The average molecular weight is 456 g/mol. The normalized spacial score (nSPS) is 19.5. The van der Waals surface area contributed by atoms with E-state index in [2.05, 4.69) is 25.6 Å². The predicted octanol–water partition coefficient (Wildman–Crippen LogP) is 3.72. The molecule has 2 aromatic heterocycles. The van der Waals surface area contributed by atoms with E-state index in [1.807, 2.05) is 0 Å². The van der Waals surface area contributed by atoms with E-state index in [-0.39, 0.29) is 23.8 Å². The van der Waals surface area contributed by atoms with Crippen LogP contribution in [0, 0.1) is 0 Å². The number of anilines is 1. The smallest absolute Gasteiger partial charge is 0.249 e. The van der Waals surface area contributed by atoms with Crippen LogP contribution in [0.1, 0.15) is 48.5 Å². The molecule has 168 valence electrons. The molecule has 8 nitrogen and oxygen atoms in total. The van der Waals surface area contributed by atoms with Gasteiger partial charge in [-0.3, -0.25) is 9.59 Å². The number of ketones is 1. The largest absolute Gasteiger partial charge is 0.372 e. The fourth-order valence-electron chi connectivity index (χ4n) is 4.04. The van der Waals surface area contributed by atoms with Crippen molar-refractivity contribution in [1.29, 1.82) is 0 Å². The number of aromatic nitrogens is 3. The molecule has 1 saturated carbocycles. The minimum absolute atomic E-state index is 0.0866. The van der Waals surface area contributed by atoms with Crippen molar-refractivity contribution in [2.75, 3.05) is 12.4 Å². The number of halogens is 1. The Labute approximate surface area is 191 Å². The molecule has 0 aliphatic heterocycles. The Balaban J connectivity index is 1.49. The Kier molecular flexibility index (Phi) is 6.72. The molecule has 0 radical (unpaired) electrons. The van der Waals surface area contributed by atoms with Crippen LogP contribution in [0.15, 0.2) is 36.8 Å². The van der Waals surface area contributed by atoms with Gasteiger partial charge in [0.15, 0.2) is 5.78 Å². The molecule has 9 heteroatoms. The summed E-state index contributed by atoms with van der Waals surface area (Å²) in [7, 11) is 1.53. The molecular formula is C23H26ClN5O3. The summed E-state index contributed by atoms with van der Waals surface area (Å²) in [6, 6.07) is 7.30. The van der Waals surface area contributed by atoms with Crippen molar-refractivity contribution in [3.05, 3.63) is 52.9 Å². The first-order valence-corrected chi connectivity index (χ1v) is 11.1. The predicted molar refractivity (Wildman–Crippen MR) is 123 cm³/mol. The van der Waals surface area contributed by atoms with Crippen LogP contribution >= 0.6 is 11.6 Å². The van der Waals surface area contributed by atoms with Crippen LogP contribution < -0.4 is 10.6 Å². The van der Waals surface area contributed by atoms with Crippen LogP contribution in [0.4, 0.5) is 5.82 Å². The highest BCUT2D eigenvalue weighted by Crippen LogP contribution is 2.30. The number of H-pyrrole nitrogens is 1. The Morgan fingerprint density at radius 3 is 2.56 bits per heavy atom. The van der Waals surface area contributed by atoms with Crippen LogP contribution in [0.25, 0.3) is 11.0 Å². The number of carbonyl (C=O) groups is 2. The molecule has 0 bridgehead atoms. The molecular weight excluding hydrogens is 430 g/mol. The second-order valence-corrected chi connectivity index (χ2v) is 8.44. The topological polar surface area (TPSA) is 109 Å². The maximum Gasteiger partial charge on any atom is 0.249 e. The van der Waals surface area contributed by atoms with Crippen LogP contribution in [0.3, 0.4) is 0 Å². The van der Waals surface area contributed by atoms with Crippen molar-refractivity contribution < 1.29 is 14.3 Å². The van der Waals surface area contributed by atoms with E-state index in [0.717, 1.165) is 25.7 Å². The molecule has 0 saturated heterocycles. The van der Waals surface area contributed by atoms with Crippen LogP contribution in [0.2, 0.25) is 5.02 Å². The second-order valence-electron chi connectivity index (χ2n) is 8.04. The molecule has 2 heterocycles. The van der Waals surface area contributed by atoms with E-state index in [9.17, 15) is 9.59 Å². The van der Waals surface area contributed by atoms with Crippen molar-refractivity contribution in [1.82, 2.24) is 20.3 Å². The summed E-state index contributed by atoms with van der Waals surface area (Å²) in [6.07, 6.45) is 6.12. The highest BCUT2D eigenvalue weighted by Gasteiger charge is 2.26. The Morgan fingerprint density at radius 2 is 1.84 bits per heavy atom. The van der Waals surface area contributed by atoms with Gasteiger partial charge in [0.25, 0.3) is 0 Å². The monoisotopic (exact) mass is 455 g/mol. The van der Waals surface area contributed by atoms with Gasteiger partial charge in [-0.05, 0) is 44.7 Å². The minimum Gasteiger partial charge on any atom is -0.372 e. The third kappa shape index (κ3) is 4.61. The van der Waals surface area contributed by atoms with Gasteiger partial charge in [0.1, 0.15) is 23.9 Å². The molecule has 1 amide bonds. The van der Waals surface area contributed by atoms with E-state index in [1.54, 1.807) is 37.4 Å². The zero-order chi connectivity index (χ0) is 22.7. The lowest BCUT2D eigenvalue weighted by Crippen LogP contribution is -2.44. The van der Waals surface area contributed by atoms with Crippen molar-refractivity contribution >= 4 is 40.1 Å². The number of hydrogen-bond donors (Lipinski definition) is 3. The SMILES string of the molecule is CO[C@@H](C)C(=O)NC1CCC(Nc2ncnc3[nH]cc(C(=O)c4ccccc4Cl)c23)CC1. The number of hydrogen-bond acceptors (Lipinski definition) is 6. The van der Waals surface area contributed by atoms with Crippen LogP contribution in [0.5, 0.6) is 0 Å². The number of nitrogens with zero attached hydrogens (tertiary/aromatic N) is 2. The zero-order valence-corrected chi connectivity index (χ0v) is 18.8. The maximum atomic E-state index is 13.2. The molecule has 3 N–H and O–H groups in total. The molecule has 1 atom stereocenters. The van der Waals surface area contributed by atoms with E-state index in [1.165, 1.54) is 13.4 Å². The van der Waals surface area contributed by atoms with Gasteiger partial charge in [-0.25, -0.2) is 9.97 Å². The van der Waals surface area contributed by atoms with Gasteiger partial charge in [0.2, 0.25) is 5.91 Å². The van der Waals surface area contributed by atoms with Crippen LogP contribution in [-0.4, -0.2) is 51.9 Å². The van der Waals surface area contributed by atoms with Gasteiger partial charge in [0, 0.05) is 31.0 Å². The maximum absolute atomic E-state index is 13.2. The standard InChI is InChI=1S/C23H26ClN5O3/c1-13(32-2)23(31)29-15-9-7-14(8-10-15)28-22-19-17(11-25-21(19)26-12-27-22)20(30)16-5-3-4-6-18(16)24/h3-6,11-15H,7-10H2,1-2H3,(H,29,31)(H2,25,26,27,28)/t13-,14?,15?/m0/s1. The number of benzene rings is 1. The molecule has 32 heavy (non-hydrogen) atoms. The first-order valence-electron chi connectivity index (χ1n) is 10.7. The number of aromatic amines is 1. The number of ether oxygens (including phenoxy) is 1. The molecule has 1 fully saturated rings. The Hall–Kier alpha value is -2.97. The van der Waals surface area contributed by atoms with Crippen molar-refractivity contribution in [2.45, 2.75) is 50.8 Å². The second kappa shape index (κ2) is 9.67. The van der Waals surface area contributed by atoms with Gasteiger partial charge < -0.3 is 20.4 Å². The van der Waals surface area contributed by atoms with E-state index in [4.69, 9.17) is 16.3 Å². The fraction of sp³-hybridized carbons (Fsp3) is 0.391. The van der Waals surface area contributed by atoms with E-state index >= 15 is 0 Å². The van der Waals surface area contributed by atoms with Gasteiger partial charge in [-0.15, -0.1) is 0 Å². The molecule has 1 aromatic carbocycles. The number of methoxy groups -OCH3 is 1. The summed E-state index contributed by atoms with van der Waals surface area (Å²) in [6.45, 7) is 1.74. The number of fused-ring (bicyclic) bond motifs is 1. The lowest BCUT2D eigenvalue weighted by molar-refractivity contribution is -0.131. The highest BCUT2D eigenvalue weighted by molar-refractivity contribution is 6.35. The first kappa shape index (κ1) is 22.2. The lowest BCUT2D eigenvalue weighted by atomic mass is 9.91. The van der Waals surface area contributed by atoms with E-state index < -0.39 is 6.10 Å². The lowest BCUT2D eigenvalue weighted by Gasteiger charge is -2.30. The third-order valence-electron chi connectivity index (χ3n) is 5.97. The number of rotatable bonds is 7. The van der Waals surface area contributed by atoms with Gasteiger partial charge >= 0.3 is 0 Å². The number of carbonyl (C=O) groups excluding carboxylic acids is 2. The average Bonchev–Trinajstić information content (AvgIpc) is 3.25. The zero-order valence-electron chi connectivity index (χ0n) is 18.0. The van der Waals surface area contributed by atoms with Crippen LogP contribution in [-0.2, 0) is 9.53 Å². The quantitative estimate of drug-likeness (QED) is 0.468. The van der Waals surface area contributed by atoms with E-state index in [0.29, 0.717) is 33.0 Å². The summed E-state index contributed by atoms with van der Waals surface area (Å²) in [5.74, 6) is 0.349. The number of nitrogens with one attached hydrogen (secondary N) is 3. The summed E-state index contributed by atoms with van der Waals surface area (Å²) >= 11 is 6.25. The Bertz CT molecular complexity index is 1120. The minimum atomic E-state index is -0.456. The molecule has 1 aliphatic carbocycles. The molecule has 4 rings (SSSR count). The van der Waals surface area contributed by atoms with Gasteiger partial charge in [-0.1, -0.05) is 23.7 Å². The fourth-order valence-corrected chi connectivity index (χ4v) is 4.26. The summed E-state index contributed by atoms with van der Waals surface area (Å²) in [4.78, 5) is 37.0. The summed E-state index contributed by atoms with van der Waals surface area (Å²) < 4.78 is 5.08. The summed E-state index contributed by atoms with van der Waals surface area (Å²) in [5.41, 5.74) is 1.50. The van der Waals surface area contributed by atoms with Gasteiger partial charge in [0.05, 0.1) is 16.0 Å². The van der Waals surface area contributed by atoms with Gasteiger partial charge in [-0.2, -0.15) is 0 Å². The highest BCUT2D eigenvalue weighted by atomic mass is 35.5. The Morgan fingerprint density at radius 1 is 1.12 bits per heavy atom. The molecule has 0 unspecified atom stereocenters. The molecule has 3 aromatic rings.